The summed E-state index contributed by atoms with van der Waals surface area (Å²) in [6.45, 7) is 9.15. The van der Waals surface area contributed by atoms with Crippen LogP contribution in [0, 0.1) is 5.92 Å². The lowest BCUT2D eigenvalue weighted by Gasteiger charge is -2.37. The van der Waals surface area contributed by atoms with Crippen molar-refractivity contribution >= 4 is 0 Å². The van der Waals surface area contributed by atoms with E-state index in [9.17, 15) is 0 Å². The fourth-order valence-electron chi connectivity index (χ4n) is 1.93. The summed E-state index contributed by atoms with van der Waals surface area (Å²) in [5.74, 6) is 0.762. The first-order chi connectivity index (χ1) is 5.59. The fourth-order valence-corrected chi connectivity index (χ4v) is 1.93. The highest BCUT2D eigenvalue weighted by molar-refractivity contribution is 4.80. The highest BCUT2D eigenvalue weighted by Gasteiger charge is 2.22. The van der Waals surface area contributed by atoms with E-state index in [0.29, 0.717) is 6.04 Å². The Bertz CT molecular complexity index is 132. The van der Waals surface area contributed by atoms with Crippen LogP contribution in [-0.2, 0) is 0 Å². The van der Waals surface area contributed by atoms with Crippen LogP contribution in [-0.4, -0.2) is 30.1 Å². The normalized spacial score (nSPS) is 32.8. The fraction of sp³-hybridized carbons (Fsp3) is 1.00. The van der Waals surface area contributed by atoms with E-state index in [0.717, 1.165) is 18.5 Å². The van der Waals surface area contributed by atoms with Crippen LogP contribution in [0.4, 0.5) is 0 Å². The summed E-state index contributed by atoms with van der Waals surface area (Å²) in [5, 5.41) is 0. The molecule has 1 saturated heterocycles. The lowest BCUT2D eigenvalue weighted by atomic mass is 9.99. The van der Waals surface area contributed by atoms with Crippen LogP contribution in [0.2, 0.25) is 0 Å². The third kappa shape index (κ3) is 2.76. The standard InChI is InChI=1S/C10H22N2/c1-8(2)6-12-7-10(11)5-4-9(12)3/h8-10H,4-7,11H2,1-3H3. The molecule has 1 aliphatic rings. The molecule has 1 rings (SSSR count). The molecular weight excluding hydrogens is 148 g/mol. The molecule has 2 unspecified atom stereocenters. The molecule has 1 fully saturated rings. The van der Waals surface area contributed by atoms with Crippen molar-refractivity contribution in [3.8, 4) is 0 Å². The van der Waals surface area contributed by atoms with E-state index in [4.69, 9.17) is 5.73 Å². The van der Waals surface area contributed by atoms with Crippen LogP contribution in [0.15, 0.2) is 0 Å². The maximum Gasteiger partial charge on any atom is 0.0168 e. The lowest BCUT2D eigenvalue weighted by Crippen LogP contribution is -2.48. The summed E-state index contributed by atoms with van der Waals surface area (Å²) in [6.07, 6.45) is 2.48. The molecule has 0 aromatic heterocycles. The molecule has 1 aliphatic heterocycles. The van der Waals surface area contributed by atoms with Gasteiger partial charge in [0.05, 0.1) is 0 Å². The van der Waals surface area contributed by atoms with E-state index in [1.54, 1.807) is 0 Å². The van der Waals surface area contributed by atoms with Crippen molar-refractivity contribution < 1.29 is 0 Å². The molecule has 0 spiro atoms. The highest BCUT2D eigenvalue weighted by atomic mass is 15.2. The van der Waals surface area contributed by atoms with Crippen LogP contribution in [0.1, 0.15) is 33.6 Å². The summed E-state index contributed by atoms with van der Waals surface area (Å²) in [5.41, 5.74) is 5.92. The smallest absolute Gasteiger partial charge is 0.0168 e. The van der Waals surface area contributed by atoms with Crippen LogP contribution < -0.4 is 5.73 Å². The number of hydrogen-bond acceptors (Lipinski definition) is 2. The van der Waals surface area contributed by atoms with E-state index in [1.165, 1.54) is 19.4 Å². The molecule has 0 aromatic carbocycles. The summed E-state index contributed by atoms with van der Waals surface area (Å²) in [7, 11) is 0. The van der Waals surface area contributed by atoms with Gasteiger partial charge in [-0.05, 0) is 25.7 Å². The average Bonchev–Trinajstić information content (AvgIpc) is 1.96. The molecule has 72 valence electrons. The van der Waals surface area contributed by atoms with Crippen LogP contribution in [0.5, 0.6) is 0 Å². The second kappa shape index (κ2) is 4.24. The Morgan fingerprint density at radius 2 is 2.08 bits per heavy atom. The van der Waals surface area contributed by atoms with Gasteiger partial charge in [-0.25, -0.2) is 0 Å². The van der Waals surface area contributed by atoms with E-state index in [1.807, 2.05) is 0 Å². The summed E-state index contributed by atoms with van der Waals surface area (Å²) in [6, 6.07) is 1.16. The second-order valence-electron chi connectivity index (χ2n) is 4.53. The topological polar surface area (TPSA) is 29.3 Å². The van der Waals surface area contributed by atoms with Crippen LogP contribution in [0.25, 0.3) is 0 Å². The minimum Gasteiger partial charge on any atom is -0.327 e. The Labute approximate surface area is 76.1 Å². The van der Waals surface area contributed by atoms with Gasteiger partial charge in [0, 0.05) is 25.2 Å². The number of hydrogen-bond donors (Lipinski definition) is 1. The van der Waals surface area contributed by atoms with Gasteiger partial charge in [-0.3, -0.25) is 4.90 Å². The van der Waals surface area contributed by atoms with Gasteiger partial charge in [-0.2, -0.15) is 0 Å². The SMILES string of the molecule is CC(C)CN1CC(N)CCC1C. The Kier molecular flexibility index (Phi) is 3.53. The Hall–Kier alpha value is -0.0800. The average molecular weight is 170 g/mol. The molecule has 12 heavy (non-hydrogen) atoms. The zero-order valence-electron chi connectivity index (χ0n) is 8.59. The molecule has 0 aliphatic carbocycles. The highest BCUT2D eigenvalue weighted by Crippen LogP contribution is 2.16. The lowest BCUT2D eigenvalue weighted by molar-refractivity contribution is 0.130. The molecule has 1 heterocycles. The van der Waals surface area contributed by atoms with Crippen molar-refractivity contribution in [1.82, 2.24) is 4.90 Å². The van der Waals surface area contributed by atoms with Crippen LogP contribution >= 0.6 is 0 Å². The minimum atomic E-state index is 0.417. The monoisotopic (exact) mass is 170 g/mol. The van der Waals surface area contributed by atoms with Crippen molar-refractivity contribution in [2.45, 2.75) is 45.7 Å². The van der Waals surface area contributed by atoms with Gasteiger partial charge in [0.1, 0.15) is 0 Å². The van der Waals surface area contributed by atoms with Crippen molar-refractivity contribution in [3.63, 3.8) is 0 Å². The molecule has 2 heteroatoms. The van der Waals surface area contributed by atoms with Crippen LogP contribution in [0.3, 0.4) is 0 Å². The predicted octanol–water partition coefficient (Wildman–Crippen LogP) is 1.45. The van der Waals surface area contributed by atoms with Gasteiger partial charge in [0.25, 0.3) is 0 Å². The van der Waals surface area contributed by atoms with Crippen molar-refractivity contribution in [1.29, 1.82) is 0 Å². The van der Waals surface area contributed by atoms with Gasteiger partial charge in [-0.15, -0.1) is 0 Å². The number of rotatable bonds is 2. The number of piperidine rings is 1. The number of nitrogens with zero attached hydrogens (tertiary/aromatic N) is 1. The third-order valence-corrected chi connectivity index (χ3v) is 2.65. The largest absolute Gasteiger partial charge is 0.327 e. The molecule has 0 amide bonds. The van der Waals surface area contributed by atoms with E-state index < -0.39 is 0 Å². The van der Waals surface area contributed by atoms with Gasteiger partial charge in [-0.1, -0.05) is 13.8 Å². The quantitative estimate of drug-likeness (QED) is 0.679. The van der Waals surface area contributed by atoms with E-state index in [2.05, 4.69) is 25.7 Å². The molecule has 2 nitrogen and oxygen atoms in total. The molecule has 2 N–H and O–H groups in total. The predicted molar refractivity (Wildman–Crippen MR) is 53.1 cm³/mol. The first kappa shape index (κ1) is 10.0. The maximum absolute atomic E-state index is 5.92. The summed E-state index contributed by atoms with van der Waals surface area (Å²) >= 11 is 0. The van der Waals surface area contributed by atoms with Gasteiger partial charge >= 0.3 is 0 Å². The van der Waals surface area contributed by atoms with Crippen molar-refractivity contribution in [2.24, 2.45) is 11.7 Å². The zero-order valence-corrected chi connectivity index (χ0v) is 8.59. The number of nitrogens with two attached hydrogens (primary N) is 1. The van der Waals surface area contributed by atoms with Gasteiger partial charge in [0.15, 0.2) is 0 Å². The van der Waals surface area contributed by atoms with Gasteiger partial charge < -0.3 is 5.73 Å². The first-order valence-corrected chi connectivity index (χ1v) is 5.09. The second-order valence-corrected chi connectivity index (χ2v) is 4.53. The molecule has 0 saturated carbocycles. The maximum atomic E-state index is 5.92. The Morgan fingerprint density at radius 3 is 2.67 bits per heavy atom. The molecule has 2 atom stereocenters. The molecule has 0 aromatic rings. The van der Waals surface area contributed by atoms with Crippen molar-refractivity contribution in [2.75, 3.05) is 13.1 Å². The molecular formula is C10H22N2. The Morgan fingerprint density at radius 1 is 1.42 bits per heavy atom. The summed E-state index contributed by atoms with van der Waals surface area (Å²) < 4.78 is 0. The van der Waals surface area contributed by atoms with Crippen molar-refractivity contribution in [3.05, 3.63) is 0 Å². The van der Waals surface area contributed by atoms with E-state index >= 15 is 0 Å². The summed E-state index contributed by atoms with van der Waals surface area (Å²) in [4.78, 5) is 2.53. The molecule has 0 radical (unpaired) electrons. The van der Waals surface area contributed by atoms with E-state index in [-0.39, 0.29) is 0 Å². The minimum absolute atomic E-state index is 0.417. The zero-order chi connectivity index (χ0) is 9.14. The first-order valence-electron chi connectivity index (χ1n) is 5.09. The third-order valence-electron chi connectivity index (χ3n) is 2.65. The Balaban J connectivity index is 2.38. The number of likely N-dealkylation sites (tertiary alicyclic amines) is 1. The van der Waals surface area contributed by atoms with Gasteiger partial charge in [0.2, 0.25) is 0 Å². The molecule has 0 bridgehead atoms.